The molecule has 0 atom stereocenters. The zero-order valence-corrected chi connectivity index (χ0v) is 9.61. The van der Waals surface area contributed by atoms with Gasteiger partial charge in [-0.1, -0.05) is 6.92 Å². The summed E-state index contributed by atoms with van der Waals surface area (Å²) in [4.78, 5) is 11.4. The zero-order chi connectivity index (χ0) is 10.4. The van der Waals surface area contributed by atoms with Gasteiger partial charge in [0.15, 0.2) is 0 Å². The molecule has 0 aromatic carbocycles. The molecule has 0 spiro atoms. The number of carbonyl (C=O) groups excluding carboxylic acids is 1. The fraction of sp³-hybridized carbons (Fsp3) is 0.900. The minimum atomic E-state index is -0.203. The lowest BCUT2D eigenvalue weighted by atomic mass is 9.89. The maximum atomic E-state index is 11.4. The Morgan fingerprint density at radius 2 is 2.14 bits per heavy atom. The summed E-state index contributed by atoms with van der Waals surface area (Å²) < 4.78 is 5.54. The van der Waals surface area contributed by atoms with Crippen LogP contribution in [0.3, 0.4) is 0 Å². The second-order valence-electron chi connectivity index (χ2n) is 3.73. The van der Waals surface area contributed by atoms with Crippen LogP contribution in [0.2, 0.25) is 0 Å². The minimum Gasteiger partial charge on any atom is -0.459 e. The van der Waals surface area contributed by atoms with E-state index >= 15 is 0 Å². The van der Waals surface area contributed by atoms with E-state index in [0.29, 0.717) is 12.2 Å². The van der Waals surface area contributed by atoms with Gasteiger partial charge in [-0.05, 0) is 32.4 Å². The van der Waals surface area contributed by atoms with Crippen LogP contribution in [0.15, 0.2) is 0 Å². The third kappa shape index (κ3) is 3.17. The van der Waals surface area contributed by atoms with Crippen LogP contribution in [-0.4, -0.2) is 30.4 Å². The lowest BCUT2D eigenvalue weighted by Gasteiger charge is -2.36. The highest BCUT2D eigenvalue weighted by Gasteiger charge is 2.33. The van der Waals surface area contributed by atoms with Crippen LogP contribution >= 0.6 is 12.6 Å². The molecule has 0 aliphatic carbocycles. The van der Waals surface area contributed by atoms with Crippen LogP contribution in [0.1, 0.15) is 32.6 Å². The molecule has 0 bridgehead atoms. The van der Waals surface area contributed by atoms with E-state index in [1.165, 1.54) is 0 Å². The Balaban J connectivity index is 2.47. The number of rotatable bonds is 4. The number of carbonyl (C=O) groups is 1. The first-order valence-electron chi connectivity index (χ1n) is 5.26. The lowest BCUT2D eigenvalue weighted by Crippen LogP contribution is -2.44. The number of hydrogen-bond donors (Lipinski definition) is 2. The molecule has 0 amide bonds. The van der Waals surface area contributed by atoms with Crippen molar-refractivity contribution >= 4 is 18.6 Å². The topological polar surface area (TPSA) is 38.3 Å². The normalized spacial score (nSPS) is 20.4. The Morgan fingerprint density at radius 3 is 2.64 bits per heavy atom. The highest BCUT2D eigenvalue weighted by Crippen LogP contribution is 2.27. The Morgan fingerprint density at radius 1 is 1.50 bits per heavy atom. The number of nitrogens with one attached hydrogen (secondary N) is 1. The summed E-state index contributed by atoms with van der Waals surface area (Å²) in [6, 6.07) is 0. The smallest absolute Gasteiger partial charge is 0.307 e. The summed E-state index contributed by atoms with van der Waals surface area (Å²) in [5.74, 6) is 0.459. The molecule has 1 fully saturated rings. The highest BCUT2D eigenvalue weighted by molar-refractivity contribution is 7.80. The van der Waals surface area contributed by atoms with Gasteiger partial charge in [0.2, 0.25) is 0 Å². The van der Waals surface area contributed by atoms with Crippen molar-refractivity contribution in [3.05, 3.63) is 0 Å². The average molecular weight is 217 g/mol. The van der Waals surface area contributed by atoms with Crippen LogP contribution in [-0.2, 0) is 9.53 Å². The fourth-order valence-electron chi connectivity index (χ4n) is 1.79. The number of hydrogen-bond acceptors (Lipinski definition) is 4. The molecule has 1 heterocycles. The number of esters is 1. The van der Waals surface area contributed by atoms with Gasteiger partial charge in [-0.15, -0.1) is 0 Å². The first kappa shape index (κ1) is 11.9. The van der Waals surface area contributed by atoms with Crippen LogP contribution in [0.5, 0.6) is 0 Å². The molecule has 0 radical (unpaired) electrons. The van der Waals surface area contributed by atoms with Gasteiger partial charge in [0, 0.05) is 5.75 Å². The number of ether oxygens (including phenoxy) is 1. The van der Waals surface area contributed by atoms with Crippen molar-refractivity contribution in [1.29, 1.82) is 0 Å². The first-order valence-corrected chi connectivity index (χ1v) is 5.89. The van der Waals surface area contributed by atoms with E-state index in [1.54, 1.807) is 0 Å². The van der Waals surface area contributed by atoms with Crippen molar-refractivity contribution in [1.82, 2.24) is 5.32 Å². The molecule has 1 aliphatic rings. The van der Waals surface area contributed by atoms with Gasteiger partial charge in [0.05, 0.1) is 6.42 Å². The van der Waals surface area contributed by atoms with Crippen molar-refractivity contribution in [2.24, 2.45) is 0 Å². The quantitative estimate of drug-likeness (QED) is 0.552. The van der Waals surface area contributed by atoms with Crippen LogP contribution in [0.25, 0.3) is 0 Å². The third-order valence-electron chi connectivity index (χ3n) is 2.81. The van der Waals surface area contributed by atoms with Crippen molar-refractivity contribution in [2.75, 3.05) is 18.8 Å². The van der Waals surface area contributed by atoms with Gasteiger partial charge in [-0.3, -0.25) is 4.79 Å². The van der Waals surface area contributed by atoms with Gasteiger partial charge >= 0.3 is 5.97 Å². The monoisotopic (exact) mass is 217 g/mol. The van der Waals surface area contributed by atoms with Crippen molar-refractivity contribution in [3.63, 3.8) is 0 Å². The number of piperidine rings is 1. The van der Waals surface area contributed by atoms with Gasteiger partial charge < -0.3 is 10.1 Å². The molecular weight excluding hydrogens is 198 g/mol. The van der Waals surface area contributed by atoms with Crippen molar-refractivity contribution in [3.8, 4) is 0 Å². The first-order chi connectivity index (χ1) is 6.72. The van der Waals surface area contributed by atoms with Crippen LogP contribution < -0.4 is 5.32 Å². The summed E-state index contributed by atoms with van der Waals surface area (Å²) in [5, 5.41) is 3.27. The Bertz CT molecular complexity index is 191. The Hall–Kier alpha value is -0.220. The van der Waals surface area contributed by atoms with E-state index in [2.05, 4.69) is 24.9 Å². The van der Waals surface area contributed by atoms with E-state index in [4.69, 9.17) is 4.74 Å². The van der Waals surface area contributed by atoms with E-state index < -0.39 is 0 Å². The molecule has 3 nitrogen and oxygen atoms in total. The summed E-state index contributed by atoms with van der Waals surface area (Å²) in [6.07, 6.45) is 3.19. The van der Waals surface area contributed by atoms with Gasteiger partial charge in [-0.2, -0.15) is 12.6 Å². The summed E-state index contributed by atoms with van der Waals surface area (Å²) in [7, 11) is 0. The maximum absolute atomic E-state index is 11.4. The van der Waals surface area contributed by atoms with E-state index in [-0.39, 0.29) is 11.6 Å². The van der Waals surface area contributed by atoms with Gasteiger partial charge in [0.25, 0.3) is 0 Å². The Labute approximate surface area is 91.0 Å². The standard InChI is InChI=1S/C10H19NO2S/c1-2-10(4-6-11-7-5-10)13-9(12)3-8-14/h11,14H,2-8H2,1H3. The molecule has 1 saturated heterocycles. The minimum absolute atomic E-state index is 0.108. The van der Waals surface area contributed by atoms with Crippen molar-refractivity contribution in [2.45, 2.75) is 38.2 Å². The second-order valence-corrected chi connectivity index (χ2v) is 4.18. The van der Waals surface area contributed by atoms with Crippen LogP contribution in [0.4, 0.5) is 0 Å². The van der Waals surface area contributed by atoms with E-state index in [0.717, 1.165) is 32.4 Å². The largest absolute Gasteiger partial charge is 0.459 e. The maximum Gasteiger partial charge on any atom is 0.307 e. The fourth-order valence-corrected chi connectivity index (χ4v) is 1.98. The number of thiol groups is 1. The molecule has 0 unspecified atom stereocenters. The predicted molar refractivity (Wildman–Crippen MR) is 59.7 cm³/mol. The molecule has 82 valence electrons. The molecule has 1 rings (SSSR count). The highest BCUT2D eigenvalue weighted by atomic mass is 32.1. The third-order valence-corrected chi connectivity index (χ3v) is 3.03. The van der Waals surface area contributed by atoms with Gasteiger partial charge in [-0.25, -0.2) is 0 Å². The SMILES string of the molecule is CCC1(OC(=O)CCS)CCNCC1. The molecule has 1 N–H and O–H groups in total. The molecule has 4 heteroatoms. The molecule has 1 aliphatic heterocycles. The molecule has 0 aromatic heterocycles. The van der Waals surface area contributed by atoms with Crippen molar-refractivity contribution < 1.29 is 9.53 Å². The van der Waals surface area contributed by atoms with Crippen LogP contribution in [0, 0.1) is 0 Å². The summed E-state index contributed by atoms with van der Waals surface area (Å²) in [6.45, 7) is 3.98. The summed E-state index contributed by atoms with van der Waals surface area (Å²) >= 11 is 4.02. The summed E-state index contributed by atoms with van der Waals surface area (Å²) in [5.41, 5.74) is -0.203. The predicted octanol–water partition coefficient (Wildman–Crippen LogP) is 1.38. The Kier molecular flexibility index (Phi) is 4.75. The average Bonchev–Trinajstić information content (AvgIpc) is 2.19. The molecular formula is C10H19NO2S. The molecule has 14 heavy (non-hydrogen) atoms. The molecule has 0 saturated carbocycles. The molecule has 0 aromatic rings. The lowest BCUT2D eigenvalue weighted by molar-refractivity contribution is -0.162. The van der Waals surface area contributed by atoms with E-state index in [9.17, 15) is 4.79 Å². The van der Waals surface area contributed by atoms with E-state index in [1.807, 2.05) is 0 Å². The zero-order valence-electron chi connectivity index (χ0n) is 8.71. The second kappa shape index (κ2) is 5.61. The van der Waals surface area contributed by atoms with Gasteiger partial charge in [0.1, 0.15) is 5.60 Å².